The minimum Gasteiger partial charge on any atom is -0.346 e. The first-order chi connectivity index (χ1) is 9.75. The van der Waals surface area contributed by atoms with E-state index in [2.05, 4.69) is 5.32 Å². The number of amides is 2. The summed E-state index contributed by atoms with van der Waals surface area (Å²) in [6.07, 6.45) is 2.15. The van der Waals surface area contributed by atoms with Crippen LogP contribution < -0.4 is 5.32 Å². The van der Waals surface area contributed by atoms with Gasteiger partial charge in [-0.15, -0.1) is 11.8 Å². The zero-order valence-electron chi connectivity index (χ0n) is 11.5. The number of thioether (sulfide) groups is 1. The van der Waals surface area contributed by atoms with E-state index in [1.165, 1.54) is 5.56 Å². The predicted molar refractivity (Wildman–Crippen MR) is 81.4 cm³/mol. The molecule has 1 aromatic rings. The van der Waals surface area contributed by atoms with Crippen LogP contribution in [0.2, 0.25) is 0 Å². The van der Waals surface area contributed by atoms with Gasteiger partial charge in [-0.1, -0.05) is 30.3 Å². The number of benzene rings is 1. The van der Waals surface area contributed by atoms with E-state index in [0.29, 0.717) is 5.75 Å². The largest absolute Gasteiger partial charge is 0.346 e. The molecule has 1 saturated heterocycles. The molecule has 4 nitrogen and oxygen atoms in total. The van der Waals surface area contributed by atoms with Crippen LogP contribution >= 0.6 is 11.8 Å². The van der Waals surface area contributed by atoms with Crippen molar-refractivity contribution in [3.63, 3.8) is 0 Å². The Bertz CT molecular complexity index is 444. The molecule has 0 atom stereocenters. The highest BCUT2D eigenvalue weighted by molar-refractivity contribution is 7.99. The summed E-state index contributed by atoms with van der Waals surface area (Å²) >= 11 is 1.56. The number of nitrogens with one attached hydrogen (secondary N) is 1. The Labute approximate surface area is 123 Å². The maximum Gasteiger partial charge on any atom is 0.241 e. The van der Waals surface area contributed by atoms with E-state index in [0.717, 1.165) is 31.7 Å². The number of likely N-dealkylation sites (tertiary alicyclic amines) is 1. The van der Waals surface area contributed by atoms with Crippen molar-refractivity contribution in [1.29, 1.82) is 0 Å². The van der Waals surface area contributed by atoms with Crippen molar-refractivity contribution in [3.05, 3.63) is 35.9 Å². The molecule has 0 unspecified atom stereocenters. The second kappa shape index (κ2) is 7.94. The molecule has 1 aromatic carbocycles. The first-order valence-corrected chi connectivity index (χ1v) is 8.07. The number of hydrogen-bond donors (Lipinski definition) is 1. The lowest BCUT2D eigenvalue weighted by Crippen LogP contribution is -2.39. The van der Waals surface area contributed by atoms with Crippen molar-refractivity contribution >= 4 is 23.6 Å². The minimum atomic E-state index is -0.0709. The molecule has 1 aliphatic heterocycles. The molecular formula is C15H20N2O2S. The van der Waals surface area contributed by atoms with Gasteiger partial charge >= 0.3 is 0 Å². The summed E-state index contributed by atoms with van der Waals surface area (Å²) in [7, 11) is 0. The minimum absolute atomic E-state index is 0.0314. The summed E-state index contributed by atoms with van der Waals surface area (Å²) in [6, 6.07) is 10.0. The van der Waals surface area contributed by atoms with E-state index in [1.54, 1.807) is 11.8 Å². The van der Waals surface area contributed by atoms with Gasteiger partial charge in [-0.2, -0.15) is 0 Å². The van der Waals surface area contributed by atoms with Gasteiger partial charge in [-0.25, -0.2) is 0 Å². The van der Waals surface area contributed by atoms with E-state index in [4.69, 9.17) is 0 Å². The molecule has 1 heterocycles. The first kappa shape index (κ1) is 14.9. The lowest BCUT2D eigenvalue weighted by atomic mass is 10.2. The van der Waals surface area contributed by atoms with Gasteiger partial charge in [-0.05, 0) is 18.4 Å². The fourth-order valence-corrected chi connectivity index (χ4v) is 2.96. The number of hydrogen-bond acceptors (Lipinski definition) is 3. The monoisotopic (exact) mass is 292 g/mol. The molecule has 0 aliphatic carbocycles. The summed E-state index contributed by atoms with van der Waals surface area (Å²) in [5.41, 5.74) is 1.21. The van der Waals surface area contributed by atoms with Gasteiger partial charge in [0, 0.05) is 18.8 Å². The zero-order chi connectivity index (χ0) is 14.2. The summed E-state index contributed by atoms with van der Waals surface area (Å²) in [4.78, 5) is 25.2. The maximum absolute atomic E-state index is 11.7. The van der Waals surface area contributed by atoms with Crippen molar-refractivity contribution in [2.45, 2.75) is 18.6 Å². The molecule has 1 fully saturated rings. The number of carbonyl (C=O) groups is 2. The Morgan fingerprint density at radius 2 is 1.85 bits per heavy atom. The van der Waals surface area contributed by atoms with E-state index >= 15 is 0 Å². The lowest BCUT2D eigenvalue weighted by molar-refractivity contribution is -0.131. The van der Waals surface area contributed by atoms with E-state index in [-0.39, 0.29) is 18.4 Å². The van der Waals surface area contributed by atoms with Crippen LogP contribution in [0.5, 0.6) is 0 Å². The first-order valence-electron chi connectivity index (χ1n) is 6.92. The van der Waals surface area contributed by atoms with Gasteiger partial charge in [-0.3, -0.25) is 9.59 Å². The van der Waals surface area contributed by atoms with Crippen molar-refractivity contribution in [3.8, 4) is 0 Å². The molecular weight excluding hydrogens is 272 g/mol. The van der Waals surface area contributed by atoms with Crippen molar-refractivity contribution in [2.24, 2.45) is 0 Å². The Morgan fingerprint density at radius 3 is 2.55 bits per heavy atom. The molecule has 0 bridgehead atoms. The standard InChI is InChI=1S/C15H20N2O2S/c18-14(12-20-11-13-6-2-1-3-7-13)16-10-15(19)17-8-4-5-9-17/h1-3,6-7H,4-5,8-12H2,(H,16,18). The molecule has 2 rings (SSSR count). The molecule has 1 aliphatic rings. The Morgan fingerprint density at radius 1 is 1.15 bits per heavy atom. The summed E-state index contributed by atoms with van der Waals surface area (Å²) in [6.45, 7) is 1.79. The number of rotatable bonds is 6. The van der Waals surface area contributed by atoms with Crippen molar-refractivity contribution in [2.75, 3.05) is 25.4 Å². The Hall–Kier alpha value is -1.49. The molecule has 0 radical (unpaired) electrons. The van der Waals surface area contributed by atoms with Crippen molar-refractivity contribution < 1.29 is 9.59 Å². The van der Waals surface area contributed by atoms with E-state index in [1.807, 2.05) is 35.2 Å². The topological polar surface area (TPSA) is 49.4 Å². The zero-order valence-corrected chi connectivity index (χ0v) is 12.3. The van der Waals surface area contributed by atoms with Crippen LogP contribution in [0.25, 0.3) is 0 Å². The fraction of sp³-hybridized carbons (Fsp3) is 0.467. The molecule has 0 saturated carbocycles. The van der Waals surface area contributed by atoms with Crippen LogP contribution in [0.4, 0.5) is 0 Å². The molecule has 108 valence electrons. The number of nitrogens with zero attached hydrogens (tertiary/aromatic N) is 1. The normalized spacial score (nSPS) is 14.3. The third-order valence-electron chi connectivity index (χ3n) is 3.24. The van der Waals surface area contributed by atoms with E-state index < -0.39 is 0 Å². The SMILES string of the molecule is O=C(CSCc1ccccc1)NCC(=O)N1CCCC1. The second-order valence-corrected chi connectivity index (χ2v) is 5.83. The molecule has 5 heteroatoms. The second-order valence-electron chi connectivity index (χ2n) is 4.84. The van der Waals surface area contributed by atoms with Crippen LogP contribution in [0.3, 0.4) is 0 Å². The Balaban J connectivity index is 1.59. The van der Waals surface area contributed by atoms with Gasteiger partial charge in [0.15, 0.2) is 0 Å². The molecule has 20 heavy (non-hydrogen) atoms. The highest BCUT2D eigenvalue weighted by atomic mass is 32.2. The highest BCUT2D eigenvalue weighted by Crippen LogP contribution is 2.11. The van der Waals surface area contributed by atoms with Gasteiger partial charge in [0.2, 0.25) is 11.8 Å². The Kier molecular flexibility index (Phi) is 5.92. The van der Waals surface area contributed by atoms with E-state index in [9.17, 15) is 9.59 Å². The molecule has 2 amide bonds. The smallest absolute Gasteiger partial charge is 0.241 e. The van der Waals surface area contributed by atoms with Crippen LogP contribution in [-0.4, -0.2) is 42.1 Å². The molecule has 1 N–H and O–H groups in total. The van der Waals surface area contributed by atoms with Gasteiger partial charge in [0.05, 0.1) is 12.3 Å². The molecule has 0 spiro atoms. The van der Waals surface area contributed by atoms with Crippen molar-refractivity contribution in [1.82, 2.24) is 10.2 Å². The van der Waals surface area contributed by atoms with Crippen LogP contribution in [0.1, 0.15) is 18.4 Å². The predicted octanol–water partition coefficient (Wildman–Crippen LogP) is 1.66. The average molecular weight is 292 g/mol. The summed E-state index contributed by atoms with van der Waals surface area (Å²) < 4.78 is 0. The lowest BCUT2D eigenvalue weighted by Gasteiger charge is -2.15. The van der Waals surface area contributed by atoms with Crippen LogP contribution in [0, 0.1) is 0 Å². The van der Waals surface area contributed by atoms with Gasteiger partial charge in [0.25, 0.3) is 0 Å². The van der Waals surface area contributed by atoms with Gasteiger partial charge in [0.1, 0.15) is 0 Å². The molecule has 0 aromatic heterocycles. The quantitative estimate of drug-likeness (QED) is 0.867. The van der Waals surface area contributed by atoms with Crippen LogP contribution in [0.15, 0.2) is 30.3 Å². The fourth-order valence-electron chi connectivity index (χ4n) is 2.14. The number of carbonyl (C=O) groups excluding carboxylic acids is 2. The average Bonchev–Trinajstić information content (AvgIpc) is 3.00. The highest BCUT2D eigenvalue weighted by Gasteiger charge is 2.17. The summed E-state index contributed by atoms with van der Waals surface area (Å²) in [5, 5.41) is 2.69. The third-order valence-corrected chi connectivity index (χ3v) is 4.24. The summed E-state index contributed by atoms with van der Waals surface area (Å²) in [5.74, 6) is 1.17. The van der Waals surface area contributed by atoms with Gasteiger partial charge < -0.3 is 10.2 Å². The maximum atomic E-state index is 11.7. The van der Waals surface area contributed by atoms with Crippen LogP contribution in [-0.2, 0) is 15.3 Å². The third kappa shape index (κ3) is 4.89.